The number of hydrogen-bond donors (Lipinski definition) is 2. The Morgan fingerprint density at radius 3 is 0.364 bits per heavy atom. The van der Waals surface area contributed by atoms with Crippen molar-refractivity contribution in [1.82, 2.24) is 12.3 Å². The van der Waals surface area contributed by atoms with Crippen LogP contribution in [0, 0.1) is 0 Å². The molecule has 0 rings (SSSR count). The van der Waals surface area contributed by atoms with E-state index in [4.69, 9.17) is 0 Å². The summed E-state index contributed by atoms with van der Waals surface area (Å²) < 4.78 is 0. The molecule has 0 unspecified atom stereocenters. The van der Waals surface area contributed by atoms with Crippen molar-refractivity contribution in [2.45, 2.75) is 0 Å². The van der Waals surface area contributed by atoms with Crippen molar-refractivity contribution in [3.63, 3.8) is 0 Å². The van der Waals surface area contributed by atoms with Crippen LogP contribution in [0.25, 0.3) is 0 Å². The molecule has 9 nitrogen and oxygen atoms in total. The van der Waals surface area contributed by atoms with Gasteiger partial charge in [-0.1, -0.05) is 0 Å². The average molecular weight is 256 g/mol. The fourth-order valence-corrected chi connectivity index (χ4v) is 0. The standard InChI is InChI=1S/2Cr.2H3N.6H2O.O/h;;2*1H3;6*1H2;/q2*+4;;;;;;;;;-2/p-6. The minimum atomic E-state index is 0. The molecule has 0 saturated carbocycles. The smallest absolute Gasteiger partial charge is 2.00 e. The summed E-state index contributed by atoms with van der Waals surface area (Å²) in [6.07, 6.45) is 0. The fraction of sp³-hybridized carbons (Fsp3) is 0. The molecule has 11 heavy (non-hydrogen) atoms. The normalized spacial score (nSPS) is 0. The van der Waals surface area contributed by atoms with Crippen LogP contribution in [0.15, 0.2) is 0 Å². The van der Waals surface area contributed by atoms with Crippen molar-refractivity contribution in [3.05, 3.63) is 0 Å². The molecule has 0 atom stereocenters. The van der Waals surface area contributed by atoms with Gasteiger partial charge in [-0.3, -0.25) is 0 Å². The molecule has 0 aromatic rings. The van der Waals surface area contributed by atoms with E-state index in [-0.39, 0.29) is 85.4 Å². The zero-order chi connectivity index (χ0) is 0. The van der Waals surface area contributed by atoms with Gasteiger partial charge in [-0.25, -0.2) is 0 Å². The van der Waals surface area contributed by atoms with Crippen LogP contribution in [0.1, 0.15) is 0 Å². The Balaban J connectivity index is 0. The Labute approximate surface area is 85.8 Å². The Hall–Kier alpha value is 0.705. The van der Waals surface area contributed by atoms with Gasteiger partial charge in [0.15, 0.2) is 0 Å². The van der Waals surface area contributed by atoms with Crippen LogP contribution in [0.5, 0.6) is 0 Å². The van der Waals surface area contributed by atoms with Crippen LogP contribution in [-0.2, 0) is 40.2 Å². The maximum atomic E-state index is 0. The van der Waals surface area contributed by atoms with Crippen LogP contribution in [0.2, 0.25) is 0 Å². The summed E-state index contributed by atoms with van der Waals surface area (Å²) in [4.78, 5) is 0. The Morgan fingerprint density at radius 2 is 0.364 bits per heavy atom. The molecule has 0 radical (unpaired) electrons. The first-order valence-electron chi connectivity index (χ1n) is 0. The van der Waals surface area contributed by atoms with Crippen molar-refractivity contribution in [1.29, 1.82) is 0 Å². The first-order valence-corrected chi connectivity index (χ1v) is 0. The van der Waals surface area contributed by atoms with E-state index < -0.39 is 0 Å². The zero-order valence-corrected chi connectivity index (χ0v) is 7.87. The van der Waals surface area contributed by atoms with Crippen molar-refractivity contribution in [2.24, 2.45) is 0 Å². The van der Waals surface area contributed by atoms with Gasteiger partial charge in [0.2, 0.25) is 0 Å². The molecule has 12 N–H and O–H groups in total. The van der Waals surface area contributed by atoms with Crippen LogP contribution >= 0.6 is 0 Å². The molecule has 0 saturated heterocycles. The van der Waals surface area contributed by atoms with E-state index in [2.05, 4.69) is 0 Å². The zero-order valence-electron chi connectivity index (χ0n) is 5.32. The largest absolute Gasteiger partial charge is 4.00 e. The molecular weight excluding hydrogens is 244 g/mol. The molecule has 0 fully saturated rings. The molecule has 0 spiro atoms. The molecule has 0 bridgehead atoms. The quantitative estimate of drug-likeness (QED) is 0.547. The van der Waals surface area contributed by atoms with Crippen molar-refractivity contribution < 1.29 is 73.1 Å². The Kier molecular flexibility index (Phi) is 498000. The third-order valence-corrected chi connectivity index (χ3v) is 0. The first-order chi connectivity index (χ1) is 0. The Bertz CT molecular complexity index is 14.4. The minimum Gasteiger partial charge on any atom is -2.00 e. The van der Waals surface area contributed by atoms with Gasteiger partial charge in [-0.05, 0) is 0 Å². The van der Waals surface area contributed by atoms with Crippen LogP contribution < -0.4 is 12.3 Å². The van der Waals surface area contributed by atoms with Gasteiger partial charge in [0.1, 0.15) is 0 Å². The van der Waals surface area contributed by atoms with Gasteiger partial charge >= 0.3 is 34.7 Å². The number of hydrogen-bond acceptors (Lipinski definition) is 8. The van der Waals surface area contributed by atoms with E-state index in [0.29, 0.717) is 0 Å². The second-order valence-corrected chi connectivity index (χ2v) is 0. The van der Waals surface area contributed by atoms with E-state index in [1.807, 2.05) is 0 Å². The van der Waals surface area contributed by atoms with E-state index in [9.17, 15) is 0 Å². The predicted octanol–water partition coefficient (Wildman–Crippen LogP) is -0.861. The molecule has 0 aromatic carbocycles. The SMILES string of the molecule is N.N.[Cr+4].[Cr+4].[O-2].[OH-].[OH-].[OH-].[OH-].[OH-].[OH-]. The molecule has 11 heteroatoms. The van der Waals surface area contributed by atoms with Gasteiger partial charge < -0.3 is 50.6 Å². The van der Waals surface area contributed by atoms with E-state index in [1.165, 1.54) is 0 Å². The van der Waals surface area contributed by atoms with Crippen molar-refractivity contribution >= 4 is 0 Å². The minimum absolute atomic E-state index is 0. The molecule has 0 amide bonds. The van der Waals surface area contributed by atoms with Crippen molar-refractivity contribution in [2.75, 3.05) is 0 Å². The first kappa shape index (κ1) is 2700. The molecule has 0 aliphatic rings. The molecule has 0 aliphatic heterocycles. The van der Waals surface area contributed by atoms with Crippen LogP contribution in [0.4, 0.5) is 0 Å². The Morgan fingerprint density at radius 1 is 0.364 bits per heavy atom. The molecular formula is H12Cr2N2O7. The van der Waals surface area contributed by atoms with Gasteiger partial charge in [0.25, 0.3) is 0 Å². The molecule has 0 heterocycles. The maximum absolute atomic E-state index is 0. The fourth-order valence-electron chi connectivity index (χ4n) is 0. The van der Waals surface area contributed by atoms with Crippen LogP contribution in [0.3, 0.4) is 0 Å². The summed E-state index contributed by atoms with van der Waals surface area (Å²) >= 11 is 0. The third-order valence-electron chi connectivity index (χ3n) is 0. The van der Waals surface area contributed by atoms with E-state index >= 15 is 0 Å². The van der Waals surface area contributed by atoms with Gasteiger partial charge in [0.05, 0.1) is 0 Å². The van der Waals surface area contributed by atoms with Gasteiger partial charge in [-0.15, -0.1) is 0 Å². The molecule has 0 aromatic heterocycles. The van der Waals surface area contributed by atoms with Gasteiger partial charge in [0, 0.05) is 0 Å². The van der Waals surface area contributed by atoms with Gasteiger partial charge in [-0.2, -0.15) is 0 Å². The summed E-state index contributed by atoms with van der Waals surface area (Å²) in [6, 6.07) is 0. The monoisotopic (exact) mass is 256 g/mol. The second kappa shape index (κ2) is 2030. The summed E-state index contributed by atoms with van der Waals surface area (Å²) in [5, 5.41) is 0. The van der Waals surface area contributed by atoms with E-state index in [1.54, 1.807) is 0 Å². The average Bonchev–Trinajstić information content (AvgIpc) is 0. The van der Waals surface area contributed by atoms with Crippen molar-refractivity contribution in [3.8, 4) is 0 Å². The maximum Gasteiger partial charge on any atom is 4.00 e. The summed E-state index contributed by atoms with van der Waals surface area (Å²) in [6.45, 7) is 0. The third kappa shape index (κ3) is 1630. The second-order valence-electron chi connectivity index (χ2n) is 0. The predicted molar refractivity (Wildman–Crippen MR) is 22.3 cm³/mol. The van der Waals surface area contributed by atoms with Crippen LogP contribution in [-0.4, -0.2) is 32.9 Å². The topological polar surface area (TPSA) is 278 Å². The summed E-state index contributed by atoms with van der Waals surface area (Å²) in [5.74, 6) is 0. The van der Waals surface area contributed by atoms with E-state index in [0.717, 1.165) is 0 Å². The molecule has 76 valence electrons. The number of rotatable bonds is 0. The summed E-state index contributed by atoms with van der Waals surface area (Å²) in [7, 11) is 0. The summed E-state index contributed by atoms with van der Waals surface area (Å²) in [5.41, 5.74) is 0. The molecule has 0 aliphatic carbocycles.